The summed E-state index contributed by atoms with van der Waals surface area (Å²) in [5.74, 6) is 1.06. The zero-order chi connectivity index (χ0) is 11.1. The number of aromatic nitrogens is 1. The minimum absolute atomic E-state index is 0. The number of rotatable bonds is 4. The van der Waals surface area contributed by atoms with Crippen molar-refractivity contribution in [3.63, 3.8) is 0 Å². The zero-order valence-corrected chi connectivity index (χ0v) is 12.0. The van der Waals surface area contributed by atoms with Crippen LogP contribution in [0.15, 0.2) is 29.5 Å². The van der Waals surface area contributed by atoms with Crippen molar-refractivity contribution in [3.05, 3.63) is 30.1 Å². The van der Waals surface area contributed by atoms with Crippen LogP contribution in [0.5, 0.6) is 0 Å². The zero-order valence-electron chi connectivity index (χ0n) is 9.68. The van der Waals surface area contributed by atoms with E-state index >= 15 is 0 Å². The van der Waals surface area contributed by atoms with Crippen molar-refractivity contribution >= 4 is 29.9 Å². The third kappa shape index (κ3) is 6.60. The number of hydrogen-bond donors (Lipinski definition) is 2. The highest BCUT2D eigenvalue weighted by Crippen LogP contribution is 1.97. The number of nitrogens with zero attached hydrogens (tertiary/aromatic N) is 2. The molecule has 0 atom stereocenters. The minimum atomic E-state index is 0. The maximum atomic E-state index is 5.69. The summed E-state index contributed by atoms with van der Waals surface area (Å²) in [5.41, 5.74) is 6.75. The Balaban J connectivity index is 0.00000225. The van der Waals surface area contributed by atoms with Gasteiger partial charge in [-0.05, 0) is 17.5 Å². The van der Waals surface area contributed by atoms with Crippen molar-refractivity contribution in [3.8, 4) is 0 Å². The first-order valence-corrected chi connectivity index (χ1v) is 5.11. The molecule has 0 aliphatic rings. The second kappa shape index (κ2) is 8.32. The second-order valence-corrected chi connectivity index (χ2v) is 3.84. The van der Waals surface area contributed by atoms with Crippen LogP contribution in [0.3, 0.4) is 0 Å². The van der Waals surface area contributed by atoms with E-state index in [4.69, 9.17) is 5.73 Å². The fourth-order valence-electron chi connectivity index (χ4n) is 1.03. The van der Waals surface area contributed by atoms with Gasteiger partial charge in [-0.2, -0.15) is 0 Å². The number of hydrogen-bond acceptors (Lipinski definition) is 2. The number of pyridine rings is 1. The summed E-state index contributed by atoms with van der Waals surface area (Å²) in [4.78, 5) is 8.22. The van der Waals surface area contributed by atoms with E-state index in [-0.39, 0.29) is 24.0 Å². The van der Waals surface area contributed by atoms with Crippen molar-refractivity contribution in [2.24, 2.45) is 16.6 Å². The van der Waals surface area contributed by atoms with Gasteiger partial charge in [0.2, 0.25) is 0 Å². The first kappa shape index (κ1) is 15.2. The Morgan fingerprint density at radius 3 is 2.88 bits per heavy atom. The molecule has 0 amide bonds. The van der Waals surface area contributed by atoms with Crippen LogP contribution in [0.1, 0.15) is 19.4 Å². The van der Waals surface area contributed by atoms with E-state index in [0.717, 1.165) is 12.1 Å². The topological polar surface area (TPSA) is 63.3 Å². The Labute approximate surface area is 114 Å². The molecule has 0 aliphatic carbocycles. The quantitative estimate of drug-likeness (QED) is 0.501. The van der Waals surface area contributed by atoms with E-state index in [2.05, 4.69) is 29.1 Å². The van der Waals surface area contributed by atoms with E-state index in [1.54, 1.807) is 12.4 Å². The van der Waals surface area contributed by atoms with Crippen LogP contribution in [0, 0.1) is 5.92 Å². The molecule has 1 rings (SSSR count). The highest BCUT2D eigenvalue weighted by molar-refractivity contribution is 14.0. The first-order chi connectivity index (χ1) is 7.18. The number of halogens is 1. The Kier molecular flexibility index (Phi) is 7.88. The minimum Gasteiger partial charge on any atom is -0.370 e. The van der Waals surface area contributed by atoms with Gasteiger partial charge in [0, 0.05) is 18.9 Å². The highest BCUT2D eigenvalue weighted by atomic mass is 127. The van der Waals surface area contributed by atoms with Gasteiger partial charge >= 0.3 is 0 Å². The second-order valence-electron chi connectivity index (χ2n) is 3.84. The molecule has 0 aromatic carbocycles. The summed E-state index contributed by atoms with van der Waals surface area (Å²) in [5, 5.41) is 3.06. The summed E-state index contributed by atoms with van der Waals surface area (Å²) < 4.78 is 0. The number of nitrogens with one attached hydrogen (secondary N) is 1. The van der Waals surface area contributed by atoms with Gasteiger partial charge < -0.3 is 11.1 Å². The van der Waals surface area contributed by atoms with E-state index in [9.17, 15) is 0 Å². The van der Waals surface area contributed by atoms with Crippen molar-refractivity contribution < 1.29 is 0 Å². The summed E-state index contributed by atoms with van der Waals surface area (Å²) in [6.45, 7) is 5.68. The van der Waals surface area contributed by atoms with E-state index < -0.39 is 0 Å². The van der Waals surface area contributed by atoms with Crippen LogP contribution < -0.4 is 11.1 Å². The van der Waals surface area contributed by atoms with Gasteiger partial charge in [0.05, 0.1) is 6.54 Å². The molecule has 0 fully saturated rings. The number of nitrogens with two attached hydrogens (primary N) is 1. The first-order valence-electron chi connectivity index (χ1n) is 5.11. The molecular weight excluding hydrogens is 315 g/mol. The lowest BCUT2D eigenvalue weighted by Gasteiger charge is -2.07. The summed E-state index contributed by atoms with van der Waals surface area (Å²) in [6.07, 6.45) is 3.53. The average Bonchev–Trinajstić information content (AvgIpc) is 2.25. The summed E-state index contributed by atoms with van der Waals surface area (Å²) in [6, 6.07) is 3.87. The van der Waals surface area contributed by atoms with Gasteiger partial charge in [0.15, 0.2) is 5.96 Å². The Bertz CT molecular complexity index is 311. The monoisotopic (exact) mass is 334 g/mol. The Morgan fingerprint density at radius 2 is 2.31 bits per heavy atom. The molecule has 3 N–H and O–H groups in total. The van der Waals surface area contributed by atoms with Crippen LogP contribution in [-0.2, 0) is 6.54 Å². The average molecular weight is 334 g/mol. The molecule has 1 aromatic rings. The lowest BCUT2D eigenvalue weighted by atomic mass is 10.2. The molecular formula is C11H19IN4. The SMILES string of the molecule is CC(C)CNC(N)=NCc1cccnc1.I. The molecule has 0 spiro atoms. The third-order valence-corrected chi connectivity index (χ3v) is 1.85. The van der Waals surface area contributed by atoms with Crippen LogP contribution in [0.4, 0.5) is 0 Å². The molecule has 1 aromatic heterocycles. The normalized spacial score (nSPS) is 11.1. The van der Waals surface area contributed by atoms with E-state index in [1.807, 2.05) is 12.1 Å². The fraction of sp³-hybridized carbons (Fsp3) is 0.455. The Hall–Kier alpha value is -0.850. The van der Waals surface area contributed by atoms with Crippen LogP contribution in [0.2, 0.25) is 0 Å². The molecule has 16 heavy (non-hydrogen) atoms. The van der Waals surface area contributed by atoms with Crippen molar-refractivity contribution in [2.45, 2.75) is 20.4 Å². The van der Waals surface area contributed by atoms with Gasteiger partial charge in [-0.1, -0.05) is 19.9 Å². The molecule has 5 heteroatoms. The lowest BCUT2D eigenvalue weighted by molar-refractivity contribution is 0.622. The van der Waals surface area contributed by atoms with Crippen molar-refractivity contribution in [1.82, 2.24) is 10.3 Å². The van der Waals surface area contributed by atoms with Gasteiger partial charge in [-0.15, -0.1) is 24.0 Å². The molecule has 0 saturated carbocycles. The molecule has 90 valence electrons. The largest absolute Gasteiger partial charge is 0.370 e. The fourth-order valence-corrected chi connectivity index (χ4v) is 1.03. The molecule has 0 unspecified atom stereocenters. The molecule has 4 nitrogen and oxygen atoms in total. The molecule has 1 heterocycles. The highest BCUT2D eigenvalue weighted by Gasteiger charge is 1.95. The molecule has 0 saturated heterocycles. The van der Waals surface area contributed by atoms with Gasteiger partial charge in [0.1, 0.15) is 0 Å². The van der Waals surface area contributed by atoms with Crippen LogP contribution >= 0.6 is 24.0 Å². The number of aliphatic imine (C=N–C) groups is 1. The summed E-state index contributed by atoms with van der Waals surface area (Å²) in [7, 11) is 0. The standard InChI is InChI=1S/C11H18N4.HI/c1-9(2)6-14-11(12)15-8-10-4-3-5-13-7-10;/h3-5,7,9H,6,8H2,1-2H3,(H3,12,14,15);1H. The molecule has 0 radical (unpaired) electrons. The van der Waals surface area contributed by atoms with Gasteiger partial charge in [-0.25, -0.2) is 4.99 Å². The smallest absolute Gasteiger partial charge is 0.188 e. The lowest BCUT2D eigenvalue weighted by Crippen LogP contribution is -2.34. The predicted octanol–water partition coefficient (Wildman–Crippen LogP) is 1.76. The third-order valence-electron chi connectivity index (χ3n) is 1.85. The van der Waals surface area contributed by atoms with Crippen LogP contribution in [0.25, 0.3) is 0 Å². The summed E-state index contributed by atoms with van der Waals surface area (Å²) >= 11 is 0. The predicted molar refractivity (Wildman–Crippen MR) is 77.8 cm³/mol. The molecule has 0 aliphatic heterocycles. The maximum Gasteiger partial charge on any atom is 0.188 e. The maximum absolute atomic E-state index is 5.69. The van der Waals surface area contributed by atoms with E-state index in [0.29, 0.717) is 18.4 Å². The molecule has 0 bridgehead atoms. The van der Waals surface area contributed by atoms with Gasteiger partial charge in [0.25, 0.3) is 0 Å². The Morgan fingerprint density at radius 1 is 1.56 bits per heavy atom. The van der Waals surface area contributed by atoms with Crippen LogP contribution in [-0.4, -0.2) is 17.5 Å². The van der Waals surface area contributed by atoms with Gasteiger partial charge in [-0.3, -0.25) is 4.98 Å². The van der Waals surface area contributed by atoms with Crippen molar-refractivity contribution in [2.75, 3.05) is 6.54 Å². The number of guanidine groups is 1. The van der Waals surface area contributed by atoms with E-state index in [1.165, 1.54) is 0 Å². The van der Waals surface area contributed by atoms with Crippen molar-refractivity contribution in [1.29, 1.82) is 0 Å².